The predicted octanol–water partition coefficient (Wildman–Crippen LogP) is 2.74. The average molecular weight is 422 g/mol. The van der Waals surface area contributed by atoms with E-state index in [9.17, 15) is 9.59 Å². The van der Waals surface area contributed by atoms with E-state index in [1.807, 2.05) is 23.1 Å². The fourth-order valence-electron chi connectivity index (χ4n) is 5.15. The fourth-order valence-corrected chi connectivity index (χ4v) is 5.15. The van der Waals surface area contributed by atoms with Crippen molar-refractivity contribution < 1.29 is 14.3 Å². The number of nitrogens with zero attached hydrogens (tertiary/aromatic N) is 2. The standard InChI is InChI=1S/C25H31N3O3/c1-19-7-9-20(10-8-19)24(12-16-31-17-13-24)23(30)28-15-5-11-25(18-28,22(29)26-2)21-6-3-4-14-27-21/h3-4,6-10,14H,5,11-13,15-18H2,1-2H3,(H,26,29). The molecule has 2 aromatic rings. The molecule has 0 radical (unpaired) electrons. The monoisotopic (exact) mass is 421 g/mol. The van der Waals surface area contributed by atoms with Crippen molar-refractivity contribution in [3.8, 4) is 0 Å². The molecule has 2 aliphatic heterocycles. The van der Waals surface area contributed by atoms with E-state index in [0.29, 0.717) is 45.6 Å². The van der Waals surface area contributed by atoms with Crippen LogP contribution in [0.5, 0.6) is 0 Å². The maximum Gasteiger partial charge on any atom is 0.233 e. The molecule has 2 amide bonds. The minimum atomic E-state index is -0.830. The van der Waals surface area contributed by atoms with Crippen molar-refractivity contribution in [2.24, 2.45) is 0 Å². The Kier molecular flexibility index (Phi) is 6.10. The van der Waals surface area contributed by atoms with Crippen LogP contribution in [0.4, 0.5) is 0 Å². The van der Waals surface area contributed by atoms with E-state index >= 15 is 0 Å². The zero-order chi connectivity index (χ0) is 21.9. The van der Waals surface area contributed by atoms with Crippen molar-refractivity contribution in [1.82, 2.24) is 15.2 Å². The van der Waals surface area contributed by atoms with E-state index in [2.05, 4.69) is 41.5 Å². The smallest absolute Gasteiger partial charge is 0.233 e. The SMILES string of the molecule is CNC(=O)C1(c2ccccn2)CCCN(C(=O)C2(c3ccc(C)cc3)CCOCC2)C1. The van der Waals surface area contributed by atoms with Crippen LogP contribution in [0.25, 0.3) is 0 Å². The maximum atomic E-state index is 14.1. The number of likely N-dealkylation sites (N-methyl/N-ethyl adjacent to an activating group) is 1. The summed E-state index contributed by atoms with van der Waals surface area (Å²) in [6.07, 6.45) is 4.46. The number of carbonyl (C=O) groups excluding carboxylic acids is 2. The van der Waals surface area contributed by atoms with Gasteiger partial charge in [0.05, 0.1) is 11.1 Å². The fraction of sp³-hybridized carbons (Fsp3) is 0.480. The van der Waals surface area contributed by atoms with Gasteiger partial charge in [-0.15, -0.1) is 0 Å². The summed E-state index contributed by atoms with van der Waals surface area (Å²) >= 11 is 0. The Bertz CT molecular complexity index is 923. The highest BCUT2D eigenvalue weighted by atomic mass is 16.5. The third-order valence-electron chi connectivity index (χ3n) is 6.96. The molecule has 0 aliphatic carbocycles. The molecule has 164 valence electrons. The highest BCUT2D eigenvalue weighted by molar-refractivity contribution is 5.92. The van der Waals surface area contributed by atoms with Crippen molar-refractivity contribution in [3.63, 3.8) is 0 Å². The zero-order valence-corrected chi connectivity index (χ0v) is 18.4. The molecule has 0 saturated carbocycles. The van der Waals surface area contributed by atoms with Gasteiger partial charge in [0, 0.05) is 39.5 Å². The zero-order valence-electron chi connectivity index (χ0n) is 18.4. The molecule has 6 nitrogen and oxygen atoms in total. The number of hydrogen-bond acceptors (Lipinski definition) is 4. The van der Waals surface area contributed by atoms with Gasteiger partial charge in [0.25, 0.3) is 0 Å². The Morgan fingerprint density at radius 3 is 2.42 bits per heavy atom. The van der Waals surface area contributed by atoms with Gasteiger partial charge in [-0.05, 0) is 50.3 Å². The number of rotatable bonds is 4. The van der Waals surface area contributed by atoms with E-state index in [0.717, 1.165) is 17.7 Å². The number of carbonyl (C=O) groups is 2. The van der Waals surface area contributed by atoms with E-state index in [4.69, 9.17) is 4.74 Å². The van der Waals surface area contributed by atoms with Crippen LogP contribution in [-0.2, 0) is 25.2 Å². The lowest BCUT2D eigenvalue weighted by Crippen LogP contribution is -2.59. The summed E-state index contributed by atoms with van der Waals surface area (Å²) in [5.74, 6) is 0.0172. The average Bonchev–Trinajstić information content (AvgIpc) is 2.84. The van der Waals surface area contributed by atoms with Crippen LogP contribution in [0.1, 0.15) is 42.5 Å². The van der Waals surface area contributed by atoms with Gasteiger partial charge in [-0.1, -0.05) is 35.9 Å². The van der Waals surface area contributed by atoms with Crippen molar-refractivity contribution in [2.75, 3.05) is 33.4 Å². The molecule has 0 spiro atoms. The number of hydrogen-bond donors (Lipinski definition) is 1. The second kappa shape index (κ2) is 8.79. The minimum absolute atomic E-state index is 0.0833. The van der Waals surface area contributed by atoms with Crippen molar-refractivity contribution in [1.29, 1.82) is 0 Å². The first kappa shape index (κ1) is 21.5. The third-order valence-corrected chi connectivity index (χ3v) is 6.96. The van der Waals surface area contributed by atoms with E-state index < -0.39 is 10.8 Å². The molecule has 31 heavy (non-hydrogen) atoms. The van der Waals surface area contributed by atoms with E-state index in [1.165, 1.54) is 5.56 Å². The van der Waals surface area contributed by atoms with Crippen molar-refractivity contribution >= 4 is 11.8 Å². The molecule has 1 atom stereocenters. The summed E-state index contributed by atoms with van der Waals surface area (Å²) in [5.41, 5.74) is 1.50. The van der Waals surface area contributed by atoms with E-state index in [-0.39, 0.29) is 11.8 Å². The second-order valence-electron chi connectivity index (χ2n) is 8.77. The number of likely N-dealkylation sites (tertiary alicyclic amines) is 1. The first-order chi connectivity index (χ1) is 15.0. The summed E-state index contributed by atoms with van der Waals surface area (Å²) < 4.78 is 5.63. The van der Waals surface area contributed by atoms with Gasteiger partial charge >= 0.3 is 0 Å². The normalized spacial score (nSPS) is 23.2. The van der Waals surface area contributed by atoms with Crippen LogP contribution >= 0.6 is 0 Å². The number of benzene rings is 1. The number of aromatic nitrogens is 1. The molecule has 1 aromatic heterocycles. The number of ether oxygens (including phenoxy) is 1. The summed E-state index contributed by atoms with van der Waals surface area (Å²) in [5, 5.41) is 2.82. The first-order valence-electron chi connectivity index (χ1n) is 11.1. The maximum absolute atomic E-state index is 14.1. The lowest BCUT2D eigenvalue weighted by Gasteiger charge is -2.46. The Labute approximate surface area is 184 Å². The van der Waals surface area contributed by atoms with Crippen LogP contribution in [0, 0.1) is 6.92 Å². The topological polar surface area (TPSA) is 71.5 Å². The number of pyridine rings is 1. The Morgan fingerprint density at radius 1 is 1.03 bits per heavy atom. The summed E-state index contributed by atoms with van der Waals surface area (Å²) in [4.78, 5) is 33.6. The van der Waals surface area contributed by atoms with Gasteiger partial charge in [0.1, 0.15) is 5.41 Å². The van der Waals surface area contributed by atoms with Gasteiger partial charge in [0.15, 0.2) is 0 Å². The molecule has 1 N–H and O–H groups in total. The molecule has 1 unspecified atom stereocenters. The second-order valence-corrected chi connectivity index (χ2v) is 8.77. The van der Waals surface area contributed by atoms with Gasteiger partial charge in [-0.3, -0.25) is 14.6 Å². The summed E-state index contributed by atoms with van der Waals surface area (Å²) in [6.45, 7) is 4.18. The minimum Gasteiger partial charge on any atom is -0.381 e. The molecule has 2 aliphatic rings. The summed E-state index contributed by atoms with van der Waals surface area (Å²) in [6, 6.07) is 13.9. The molecule has 1 aromatic carbocycles. The molecule has 4 rings (SSSR count). The first-order valence-corrected chi connectivity index (χ1v) is 11.1. The van der Waals surface area contributed by atoms with Crippen LogP contribution in [0.3, 0.4) is 0 Å². The Hall–Kier alpha value is -2.73. The van der Waals surface area contributed by atoms with Crippen LogP contribution < -0.4 is 5.32 Å². The van der Waals surface area contributed by atoms with Gasteiger partial charge in [0.2, 0.25) is 11.8 Å². The Morgan fingerprint density at radius 2 is 1.77 bits per heavy atom. The van der Waals surface area contributed by atoms with Crippen LogP contribution in [-0.4, -0.2) is 55.0 Å². The molecule has 2 fully saturated rings. The van der Waals surface area contributed by atoms with Gasteiger partial charge in [-0.2, -0.15) is 0 Å². The number of amides is 2. The van der Waals surface area contributed by atoms with E-state index in [1.54, 1.807) is 13.2 Å². The van der Waals surface area contributed by atoms with Crippen LogP contribution in [0.15, 0.2) is 48.7 Å². The molecular formula is C25H31N3O3. The van der Waals surface area contributed by atoms with Crippen molar-refractivity contribution in [2.45, 2.75) is 43.4 Å². The molecule has 0 bridgehead atoms. The van der Waals surface area contributed by atoms with Gasteiger partial charge in [-0.25, -0.2) is 0 Å². The highest BCUT2D eigenvalue weighted by Gasteiger charge is 2.50. The van der Waals surface area contributed by atoms with Gasteiger partial charge < -0.3 is 15.0 Å². The van der Waals surface area contributed by atoms with Crippen LogP contribution in [0.2, 0.25) is 0 Å². The third kappa shape index (κ3) is 3.85. The molecule has 2 saturated heterocycles. The molecular weight excluding hydrogens is 390 g/mol. The Balaban J connectivity index is 1.71. The predicted molar refractivity (Wildman–Crippen MR) is 119 cm³/mol. The highest BCUT2D eigenvalue weighted by Crippen LogP contribution is 2.40. The van der Waals surface area contributed by atoms with Crippen molar-refractivity contribution in [3.05, 3.63) is 65.5 Å². The number of piperidine rings is 1. The largest absolute Gasteiger partial charge is 0.381 e. The lowest BCUT2D eigenvalue weighted by molar-refractivity contribution is -0.145. The molecule has 3 heterocycles. The number of nitrogens with one attached hydrogen (secondary N) is 1. The molecule has 6 heteroatoms. The summed E-state index contributed by atoms with van der Waals surface area (Å²) in [7, 11) is 1.65. The number of aryl methyl sites for hydroxylation is 1. The quantitative estimate of drug-likeness (QED) is 0.824. The lowest BCUT2D eigenvalue weighted by atomic mass is 9.70.